The molecule has 100 valence electrons. The Morgan fingerprint density at radius 2 is 2.17 bits per heavy atom. The quantitative estimate of drug-likeness (QED) is 0.599. The Bertz CT molecular complexity index is 502. The zero-order valence-corrected chi connectivity index (χ0v) is 10.9. The molecule has 5 nitrogen and oxygen atoms in total. The van der Waals surface area contributed by atoms with Gasteiger partial charge in [0.25, 0.3) is 0 Å². The first kappa shape index (κ1) is 13.2. The van der Waals surface area contributed by atoms with Crippen molar-refractivity contribution in [2.75, 3.05) is 30.4 Å². The van der Waals surface area contributed by atoms with Crippen LogP contribution in [0.2, 0.25) is 0 Å². The van der Waals surface area contributed by atoms with Crippen molar-refractivity contribution >= 4 is 15.5 Å². The topological polar surface area (TPSA) is 81.4 Å². The van der Waals surface area contributed by atoms with Crippen LogP contribution in [-0.4, -0.2) is 39.1 Å². The van der Waals surface area contributed by atoms with Crippen LogP contribution in [0.3, 0.4) is 0 Å². The molecule has 1 aromatic rings. The molecule has 0 aromatic heterocycles. The van der Waals surface area contributed by atoms with E-state index in [1.54, 1.807) is 6.07 Å². The fourth-order valence-electron chi connectivity index (χ4n) is 1.99. The lowest BCUT2D eigenvalue weighted by Gasteiger charge is -2.12. The molecule has 0 amide bonds. The van der Waals surface area contributed by atoms with Crippen molar-refractivity contribution in [1.82, 2.24) is 5.32 Å². The SMILES string of the molecule is Nc1ccccc1OCCNC1CCS(=O)(=O)C1. The molecule has 1 unspecified atom stereocenters. The summed E-state index contributed by atoms with van der Waals surface area (Å²) in [5.41, 5.74) is 6.35. The van der Waals surface area contributed by atoms with E-state index in [0.29, 0.717) is 31.0 Å². The van der Waals surface area contributed by atoms with E-state index in [2.05, 4.69) is 5.32 Å². The van der Waals surface area contributed by atoms with Gasteiger partial charge in [0, 0.05) is 12.6 Å². The Morgan fingerprint density at radius 3 is 2.83 bits per heavy atom. The van der Waals surface area contributed by atoms with Crippen LogP contribution in [-0.2, 0) is 9.84 Å². The second-order valence-corrected chi connectivity index (χ2v) is 6.67. The van der Waals surface area contributed by atoms with Gasteiger partial charge in [0.1, 0.15) is 12.4 Å². The molecule has 1 aliphatic heterocycles. The largest absolute Gasteiger partial charge is 0.490 e. The molecule has 3 N–H and O–H groups in total. The van der Waals surface area contributed by atoms with Crippen LogP contribution in [0.1, 0.15) is 6.42 Å². The molecule has 6 heteroatoms. The summed E-state index contributed by atoms with van der Waals surface area (Å²) >= 11 is 0. The van der Waals surface area contributed by atoms with E-state index in [9.17, 15) is 8.42 Å². The summed E-state index contributed by atoms with van der Waals surface area (Å²) in [7, 11) is -2.81. The lowest BCUT2D eigenvalue weighted by atomic mass is 10.3. The summed E-state index contributed by atoms with van der Waals surface area (Å²) in [6.07, 6.45) is 0.690. The van der Waals surface area contributed by atoms with Crippen LogP contribution in [0.25, 0.3) is 0 Å². The van der Waals surface area contributed by atoms with Gasteiger partial charge in [-0.25, -0.2) is 8.42 Å². The fraction of sp³-hybridized carbons (Fsp3) is 0.500. The van der Waals surface area contributed by atoms with E-state index in [1.807, 2.05) is 18.2 Å². The minimum absolute atomic E-state index is 0.0618. The van der Waals surface area contributed by atoms with E-state index in [0.717, 1.165) is 0 Å². The van der Waals surface area contributed by atoms with Crippen molar-refractivity contribution in [3.05, 3.63) is 24.3 Å². The fourth-order valence-corrected chi connectivity index (χ4v) is 3.70. The predicted octanol–water partition coefficient (Wildman–Crippen LogP) is 0.424. The van der Waals surface area contributed by atoms with Gasteiger partial charge in [-0.05, 0) is 18.6 Å². The van der Waals surface area contributed by atoms with Gasteiger partial charge < -0.3 is 15.8 Å². The molecule has 0 spiro atoms. The number of benzene rings is 1. The molecule has 0 bridgehead atoms. The molecule has 1 heterocycles. The molecular formula is C12H18N2O3S. The zero-order chi connectivity index (χ0) is 13.0. The maximum atomic E-state index is 11.3. The van der Waals surface area contributed by atoms with Crippen molar-refractivity contribution in [1.29, 1.82) is 0 Å². The molecule has 18 heavy (non-hydrogen) atoms. The van der Waals surface area contributed by atoms with E-state index in [4.69, 9.17) is 10.5 Å². The highest BCUT2D eigenvalue weighted by Crippen LogP contribution is 2.19. The zero-order valence-electron chi connectivity index (χ0n) is 10.1. The molecule has 2 rings (SSSR count). The molecular weight excluding hydrogens is 252 g/mol. The van der Waals surface area contributed by atoms with Crippen LogP contribution in [0.4, 0.5) is 5.69 Å². The Kier molecular flexibility index (Phi) is 4.08. The van der Waals surface area contributed by atoms with Crippen molar-refractivity contribution in [2.45, 2.75) is 12.5 Å². The number of hydrogen-bond donors (Lipinski definition) is 2. The van der Waals surface area contributed by atoms with Gasteiger partial charge in [-0.3, -0.25) is 0 Å². The third-order valence-corrected chi connectivity index (χ3v) is 4.71. The summed E-state index contributed by atoms with van der Waals surface area (Å²) in [4.78, 5) is 0. The minimum Gasteiger partial charge on any atom is -0.490 e. The first-order valence-electron chi connectivity index (χ1n) is 5.98. The van der Waals surface area contributed by atoms with E-state index in [1.165, 1.54) is 0 Å². The second kappa shape index (κ2) is 5.58. The van der Waals surface area contributed by atoms with Crippen LogP contribution < -0.4 is 15.8 Å². The predicted molar refractivity (Wildman–Crippen MR) is 71.4 cm³/mol. The normalized spacial score (nSPS) is 21.9. The highest BCUT2D eigenvalue weighted by Gasteiger charge is 2.26. The van der Waals surface area contributed by atoms with Gasteiger partial charge in [-0.2, -0.15) is 0 Å². The third kappa shape index (κ3) is 3.61. The van der Waals surface area contributed by atoms with Gasteiger partial charge in [0.2, 0.25) is 0 Å². The van der Waals surface area contributed by atoms with Gasteiger partial charge in [-0.1, -0.05) is 12.1 Å². The highest BCUT2D eigenvalue weighted by atomic mass is 32.2. The molecule has 0 radical (unpaired) electrons. The Balaban J connectivity index is 1.70. The number of hydrogen-bond acceptors (Lipinski definition) is 5. The highest BCUT2D eigenvalue weighted by molar-refractivity contribution is 7.91. The molecule has 1 aromatic carbocycles. The molecule has 1 atom stereocenters. The van der Waals surface area contributed by atoms with Gasteiger partial charge in [0.05, 0.1) is 17.2 Å². The van der Waals surface area contributed by atoms with Crippen molar-refractivity contribution in [3.63, 3.8) is 0 Å². The van der Waals surface area contributed by atoms with Gasteiger partial charge in [0.15, 0.2) is 9.84 Å². The molecule has 0 saturated carbocycles. The number of para-hydroxylation sites is 2. The third-order valence-electron chi connectivity index (χ3n) is 2.94. The average molecular weight is 270 g/mol. The molecule has 1 aliphatic rings. The van der Waals surface area contributed by atoms with Crippen molar-refractivity contribution in [2.24, 2.45) is 0 Å². The van der Waals surface area contributed by atoms with Crippen molar-refractivity contribution in [3.8, 4) is 5.75 Å². The number of nitrogens with two attached hydrogens (primary N) is 1. The molecule has 1 fully saturated rings. The second-order valence-electron chi connectivity index (χ2n) is 4.44. The average Bonchev–Trinajstić information content (AvgIpc) is 2.67. The monoisotopic (exact) mass is 270 g/mol. The van der Waals surface area contributed by atoms with Gasteiger partial charge in [-0.15, -0.1) is 0 Å². The number of nitrogen functional groups attached to an aromatic ring is 1. The number of sulfone groups is 1. The van der Waals surface area contributed by atoms with E-state index in [-0.39, 0.29) is 17.5 Å². The van der Waals surface area contributed by atoms with E-state index < -0.39 is 9.84 Å². The summed E-state index contributed by atoms with van der Waals surface area (Å²) < 4.78 is 28.0. The number of ether oxygens (including phenoxy) is 1. The van der Waals surface area contributed by atoms with Crippen molar-refractivity contribution < 1.29 is 13.2 Å². The van der Waals surface area contributed by atoms with E-state index >= 15 is 0 Å². The van der Waals surface area contributed by atoms with Crippen LogP contribution in [0.15, 0.2) is 24.3 Å². The lowest BCUT2D eigenvalue weighted by Crippen LogP contribution is -2.33. The van der Waals surface area contributed by atoms with Crippen LogP contribution in [0.5, 0.6) is 5.75 Å². The summed E-state index contributed by atoms with van der Waals surface area (Å²) in [5.74, 6) is 1.19. The number of anilines is 1. The number of rotatable bonds is 5. The molecule has 0 aliphatic carbocycles. The summed E-state index contributed by atoms with van der Waals surface area (Å²) in [6, 6.07) is 7.38. The Morgan fingerprint density at radius 1 is 1.39 bits per heavy atom. The van der Waals surface area contributed by atoms with Crippen LogP contribution in [0, 0.1) is 0 Å². The minimum atomic E-state index is -2.81. The lowest BCUT2D eigenvalue weighted by molar-refractivity contribution is 0.309. The van der Waals surface area contributed by atoms with Crippen LogP contribution >= 0.6 is 0 Å². The smallest absolute Gasteiger partial charge is 0.151 e. The Labute approximate surface area is 107 Å². The maximum Gasteiger partial charge on any atom is 0.151 e. The first-order valence-corrected chi connectivity index (χ1v) is 7.80. The van der Waals surface area contributed by atoms with Gasteiger partial charge >= 0.3 is 0 Å². The first-order chi connectivity index (χ1) is 8.57. The number of nitrogens with one attached hydrogen (secondary N) is 1. The Hall–Kier alpha value is -1.27. The standard InChI is InChI=1S/C12H18N2O3S/c13-11-3-1-2-4-12(11)17-7-6-14-10-5-8-18(15,16)9-10/h1-4,10,14H,5-9,13H2. The molecule has 1 saturated heterocycles. The summed E-state index contributed by atoms with van der Waals surface area (Å²) in [6.45, 7) is 1.10. The summed E-state index contributed by atoms with van der Waals surface area (Å²) in [5, 5.41) is 3.18. The maximum absolute atomic E-state index is 11.3.